The fourth-order valence-electron chi connectivity index (χ4n) is 3.03. The fourth-order valence-corrected chi connectivity index (χ4v) is 3.65. The van der Waals surface area contributed by atoms with Gasteiger partial charge in [0.25, 0.3) is 0 Å². The number of fused-ring (bicyclic) bond motifs is 1. The summed E-state index contributed by atoms with van der Waals surface area (Å²) in [5.74, 6) is 0.0231. The maximum absolute atomic E-state index is 12.7. The number of hydrogen-bond donors (Lipinski definition) is 0. The van der Waals surface area contributed by atoms with Crippen LogP contribution in [0.2, 0.25) is 0 Å². The van der Waals surface area contributed by atoms with Crippen LogP contribution >= 0.6 is 11.3 Å². The lowest BCUT2D eigenvalue weighted by molar-refractivity contribution is -0.130. The number of nitrogens with zero attached hydrogens (tertiary/aromatic N) is 3. The highest BCUT2D eigenvalue weighted by Crippen LogP contribution is 2.30. The van der Waals surface area contributed by atoms with Crippen molar-refractivity contribution in [3.05, 3.63) is 45.9 Å². The van der Waals surface area contributed by atoms with E-state index in [0.717, 1.165) is 23.5 Å². The van der Waals surface area contributed by atoms with Crippen LogP contribution in [0.1, 0.15) is 29.1 Å². The molecule has 0 saturated heterocycles. The molecular weight excluding hydrogens is 310 g/mol. The monoisotopic (exact) mass is 331 g/mol. The Morgan fingerprint density at radius 3 is 3.13 bits per heavy atom. The van der Waals surface area contributed by atoms with Gasteiger partial charge in [0, 0.05) is 31.2 Å². The largest absolute Gasteiger partial charge is 0.382 e. The van der Waals surface area contributed by atoms with Gasteiger partial charge in [-0.2, -0.15) is 5.10 Å². The number of ether oxygens (including phenoxy) is 1. The van der Waals surface area contributed by atoms with Crippen molar-refractivity contribution < 1.29 is 9.53 Å². The Labute approximate surface area is 140 Å². The van der Waals surface area contributed by atoms with Gasteiger partial charge in [-0.3, -0.25) is 9.48 Å². The van der Waals surface area contributed by atoms with E-state index in [-0.39, 0.29) is 11.9 Å². The number of carbonyl (C=O) groups excluding carboxylic acids is 1. The Morgan fingerprint density at radius 1 is 1.57 bits per heavy atom. The highest BCUT2D eigenvalue weighted by atomic mass is 32.1. The first kappa shape index (κ1) is 16.0. The molecule has 0 radical (unpaired) electrons. The molecule has 0 aromatic carbocycles. The molecule has 1 aliphatic heterocycles. The van der Waals surface area contributed by atoms with E-state index in [9.17, 15) is 4.79 Å². The molecule has 2 aromatic heterocycles. The summed E-state index contributed by atoms with van der Waals surface area (Å²) in [6, 6.07) is 3.91. The zero-order valence-corrected chi connectivity index (χ0v) is 14.3. The highest BCUT2D eigenvalue weighted by molar-refractivity contribution is 7.10. The van der Waals surface area contributed by atoms with Crippen molar-refractivity contribution in [1.82, 2.24) is 14.7 Å². The summed E-state index contributed by atoms with van der Waals surface area (Å²) in [6.07, 6.45) is 6.30. The SMILES string of the molecule is CCn1ncc2c1[C@H](COC)N(C(=O)/C=C/c1cccs1)CC2. The van der Waals surface area contributed by atoms with Crippen LogP contribution < -0.4 is 0 Å². The average Bonchev–Trinajstić information content (AvgIpc) is 3.22. The molecule has 3 rings (SSSR count). The van der Waals surface area contributed by atoms with Crippen LogP contribution in [0.4, 0.5) is 0 Å². The standard InChI is InChI=1S/C17H21N3O2S/c1-3-20-17-13(11-18-20)8-9-19(15(17)12-22-2)16(21)7-6-14-5-4-10-23-14/h4-7,10-11,15H,3,8-9,12H2,1-2H3/b7-6+/t15-/m0/s1. The Morgan fingerprint density at radius 2 is 2.43 bits per heavy atom. The van der Waals surface area contributed by atoms with Crippen LogP contribution in [0.3, 0.4) is 0 Å². The number of thiophene rings is 1. The van der Waals surface area contributed by atoms with Gasteiger partial charge in [-0.25, -0.2) is 0 Å². The number of hydrogen-bond acceptors (Lipinski definition) is 4. The third kappa shape index (κ3) is 3.23. The number of carbonyl (C=O) groups is 1. The summed E-state index contributed by atoms with van der Waals surface area (Å²) in [6.45, 7) is 4.04. The van der Waals surface area contributed by atoms with Crippen LogP contribution in [0.5, 0.6) is 0 Å². The van der Waals surface area contributed by atoms with Gasteiger partial charge in [-0.05, 0) is 36.4 Å². The van der Waals surface area contributed by atoms with Gasteiger partial charge in [0.15, 0.2) is 0 Å². The molecule has 0 N–H and O–H groups in total. The summed E-state index contributed by atoms with van der Waals surface area (Å²) < 4.78 is 7.35. The Balaban J connectivity index is 1.85. The van der Waals surface area contributed by atoms with E-state index in [1.165, 1.54) is 5.56 Å². The smallest absolute Gasteiger partial charge is 0.247 e. The van der Waals surface area contributed by atoms with Gasteiger partial charge in [-0.1, -0.05) is 6.07 Å². The molecule has 5 nitrogen and oxygen atoms in total. The molecule has 1 amide bonds. The summed E-state index contributed by atoms with van der Waals surface area (Å²) in [7, 11) is 1.67. The minimum Gasteiger partial charge on any atom is -0.382 e. The predicted octanol–water partition coefficient (Wildman–Crippen LogP) is 2.75. The third-order valence-electron chi connectivity index (χ3n) is 4.11. The lowest BCUT2D eigenvalue weighted by Gasteiger charge is -2.35. The van der Waals surface area contributed by atoms with Crippen molar-refractivity contribution in [3.63, 3.8) is 0 Å². The number of methoxy groups -OCH3 is 1. The minimum absolute atomic E-state index is 0.0231. The molecule has 2 aromatic rings. The van der Waals surface area contributed by atoms with E-state index >= 15 is 0 Å². The first-order valence-corrected chi connectivity index (χ1v) is 8.68. The van der Waals surface area contributed by atoms with Crippen molar-refractivity contribution in [3.8, 4) is 0 Å². The zero-order valence-electron chi connectivity index (χ0n) is 13.4. The molecule has 6 heteroatoms. The van der Waals surface area contributed by atoms with E-state index < -0.39 is 0 Å². The van der Waals surface area contributed by atoms with Crippen LogP contribution in [-0.2, 0) is 22.5 Å². The molecule has 1 aliphatic rings. The summed E-state index contributed by atoms with van der Waals surface area (Å²) in [4.78, 5) is 15.6. The first-order valence-electron chi connectivity index (χ1n) is 7.80. The molecule has 0 fully saturated rings. The average molecular weight is 331 g/mol. The summed E-state index contributed by atoms with van der Waals surface area (Å²) >= 11 is 1.62. The van der Waals surface area contributed by atoms with Gasteiger partial charge < -0.3 is 9.64 Å². The molecule has 0 unspecified atom stereocenters. The van der Waals surface area contributed by atoms with E-state index in [1.807, 2.05) is 39.4 Å². The van der Waals surface area contributed by atoms with Crippen LogP contribution in [0.25, 0.3) is 6.08 Å². The van der Waals surface area contributed by atoms with Crippen molar-refractivity contribution >= 4 is 23.3 Å². The molecule has 0 bridgehead atoms. The second kappa shape index (κ2) is 7.10. The van der Waals surface area contributed by atoms with Gasteiger partial charge >= 0.3 is 0 Å². The Bertz CT molecular complexity index is 677. The molecule has 0 spiro atoms. The molecule has 0 aliphatic carbocycles. The van der Waals surface area contributed by atoms with Crippen molar-refractivity contribution in [2.24, 2.45) is 0 Å². The van der Waals surface area contributed by atoms with E-state index in [2.05, 4.69) is 12.0 Å². The van der Waals surface area contributed by atoms with Crippen LogP contribution in [0.15, 0.2) is 29.8 Å². The van der Waals surface area contributed by atoms with Gasteiger partial charge in [0.2, 0.25) is 5.91 Å². The fraction of sp³-hybridized carbons (Fsp3) is 0.412. The first-order chi connectivity index (χ1) is 11.2. The van der Waals surface area contributed by atoms with E-state index in [4.69, 9.17) is 4.74 Å². The Hall–Kier alpha value is -1.92. The molecule has 122 valence electrons. The predicted molar refractivity (Wildman–Crippen MR) is 91.3 cm³/mol. The van der Waals surface area contributed by atoms with E-state index in [0.29, 0.717) is 13.2 Å². The molecule has 23 heavy (non-hydrogen) atoms. The van der Waals surface area contributed by atoms with Crippen molar-refractivity contribution in [2.75, 3.05) is 20.3 Å². The number of rotatable bonds is 5. The second-order valence-corrected chi connectivity index (χ2v) is 6.45. The number of aromatic nitrogens is 2. The van der Waals surface area contributed by atoms with Crippen molar-refractivity contribution in [1.29, 1.82) is 0 Å². The minimum atomic E-state index is -0.0771. The van der Waals surface area contributed by atoms with Gasteiger partial charge in [-0.15, -0.1) is 11.3 Å². The lowest BCUT2D eigenvalue weighted by atomic mass is 10.00. The van der Waals surface area contributed by atoms with Gasteiger partial charge in [0.05, 0.1) is 24.5 Å². The normalized spacial score (nSPS) is 17.7. The zero-order chi connectivity index (χ0) is 16.2. The Kier molecular flexibility index (Phi) is 4.93. The third-order valence-corrected chi connectivity index (χ3v) is 4.95. The van der Waals surface area contributed by atoms with Crippen molar-refractivity contribution in [2.45, 2.75) is 25.9 Å². The van der Waals surface area contributed by atoms with E-state index in [1.54, 1.807) is 24.5 Å². The number of amides is 1. The van der Waals surface area contributed by atoms with Gasteiger partial charge in [0.1, 0.15) is 0 Å². The van der Waals surface area contributed by atoms with Crippen LogP contribution in [-0.4, -0.2) is 40.8 Å². The second-order valence-electron chi connectivity index (χ2n) is 5.47. The quantitative estimate of drug-likeness (QED) is 0.792. The highest BCUT2D eigenvalue weighted by Gasteiger charge is 2.32. The van der Waals surface area contributed by atoms with Crippen LogP contribution in [0, 0.1) is 0 Å². The number of aryl methyl sites for hydroxylation is 1. The molecule has 0 saturated carbocycles. The maximum atomic E-state index is 12.7. The molecular formula is C17H21N3O2S. The molecule has 1 atom stereocenters. The molecule has 3 heterocycles. The summed E-state index contributed by atoms with van der Waals surface area (Å²) in [5, 5.41) is 6.44. The lowest BCUT2D eigenvalue weighted by Crippen LogP contribution is -2.42. The maximum Gasteiger partial charge on any atom is 0.247 e. The summed E-state index contributed by atoms with van der Waals surface area (Å²) in [5.41, 5.74) is 2.33. The topological polar surface area (TPSA) is 47.4 Å².